The van der Waals surface area contributed by atoms with E-state index in [9.17, 15) is 0 Å². The van der Waals surface area contributed by atoms with Gasteiger partial charge in [0.2, 0.25) is 0 Å². The highest BCUT2D eigenvalue weighted by Crippen LogP contribution is 2.33. The molecule has 0 bridgehead atoms. The number of anilines is 1. The van der Waals surface area contributed by atoms with E-state index in [4.69, 9.17) is 11.6 Å². The molecule has 0 aliphatic carbocycles. The molecule has 3 heteroatoms. The zero-order chi connectivity index (χ0) is 13.5. The average Bonchev–Trinajstić information content (AvgIpc) is 2.69. The maximum absolute atomic E-state index is 6.38. The first kappa shape index (κ1) is 11.9. The second-order valence-corrected chi connectivity index (χ2v) is 5.61. The van der Waals surface area contributed by atoms with Gasteiger partial charge in [-0.1, -0.05) is 48.0 Å². The standard InChI is InChI=1S/C17H15ClN2/c18-13-8-2-1-7-12(13)16-17-15-11(6-4-10-19-17)5-3-9-14(15)20-16/h1-3,5-9,16,19-20H,4,10H2. The maximum atomic E-state index is 6.38. The van der Waals surface area contributed by atoms with Gasteiger partial charge in [-0.2, -0.15) is 0 Å². The van der Waals surface area contributed by atoms with Crippen LogP contribution < -0.4 is 21.1 Å². The molecule has 100 valence electrons. The minimum atomic E-state index is 0.117. The lowest BCUT2D eigenvalue weighted by molar-refractivity contribution is 0.832. The highest BCUT2D eigenvalue weighted by atomic mass is 35.5. The van der Waals surface area contributed by atoms with E-state index < -0.39 is 0 Å². The van der Waals surface area contributed by atoms with Gasteiger partial charge in [0.05, 0.1) is 6.04 Å². The number of nitrogens with one attached hydrogen (secondary N) is 2. The summed E-state index contributed by atoms with van der Waals surface area (Å²) in [5.74, 6) is 0. The van der Waals surface area contributed by atoms with E-state index in [0.717, 1.165) is 23.6 Å². The lowest BCUT2D eigenvalue weighted by atomic mass is 10.0. The van der Waals surface area contributed by atoms with E-state index in [0.29, 0.717) is 0 Å². The summed E-state index contributed by atoms with van der Waals surface area (Å²) < 4.78 is 0. The van der Waals surface area contributed by atoms with Crippen LogP contribution in [0.3, 0.4) is 0 Å². The Morgan fingerprint density at radius 2 is 1.95 bits per heavy atom. The normalized spacial score (nSPS) is 19.4. The molecule has 2 N–H and O–H groups in total. The predicted octanol–water partition coefficient (Wildman–Crippen LogP) is 2.39. The minimum Gasteiger partial charge on any atom is -0.385 e. The molecule has 4 rings (SSSR count). The summed E-state index contributed by atoms with van der Waals surface area (Å²) >= 11 is 6.38. The van der Waals surface area contributed by atoms with Gasteiger partial charge in [-0.15, -0.1) is 0 Å². The molecule has 2 aromatic rings. The van der Waals surface area contributed by atoms with Gasteiger partial charge in [0, 0.05) is 28.2 Å². The van der Waals surface area contributed by atoms with Crippen LogP contribution in [-0.2, 0) is 0 Å². The fourth-order valence-corrected chi connectivity index (χ4v) is 3.35. The smallest absolute Gasteiger partial charge is 0.0936 e. The van der Waals surface area contributed by atoms with Crippen LogP contribution in [0.15, 0.2) is 42.5 Å². The minimum absolute atomic E-state index is 0.117. The Balaban J connectivity index is 1.97. The fourth-order valence-electron chi connectivity index (χ4n) is 3.10. The Labute approximate surface area is 122 Å². The number of benzene rings is 2. The number of hydrogen-bond donors (Lipinski definition) is 2. The SMILES string of the molecule is Clc1ccccc1C1Nc2cccc3c2=C1NCCC=3. The third-order valence-corrected chi connectivity index (χ3v) is 4.34. The molecule has 2 nitrogen and oxygen atoms in total. The molecule has 0 saturated heterocycles. The average molecular weight is 283 g/mol. The van der Waals surface area contributed by atoms with Crippen molar-refractivity contribution in [3.8, 4) is 0 Å². The van der Waals surface area contributed by atoms with Crippen molar-refractivity contribution in [1.82, 2.24) is 5.32 Å². The van der Waals surface area contributed by atoms with Crippen molar-refractivity contribution in [2.45, 2.75) is 12.5 Å². The van der Waals surface area contributed by atoms with Crippen molar-refractivity contribution in [1.29, 1.82) is 0 Å². The zero-order valence-corrected chi connectivity index (χ0v) is 11.7. The summed E-state index contributed by atoms with van der Waals surface area (Å²) in [4.78, 5) is 0. The maximum Gasteiger partial charge on any atom is 0.0936 e. The molecule has 0 aromatic heterocycles. The summed E-state index contributed by atoms with van der Waals surface area (Å²) in [6.07, 6.45) is 3.35. The third kappa shape index (κ3) is 1.72. The molecule has 0 spiro atoms. The number of hydrogen-bond acceptors (Lipinski definition) is 2. The van der Waals surface area contributed by atoms with Gasteiger partial charge in [-0.05, 0) is 29.3 Å². The van der Waals surface area contributed by atoms with Crippen molar-refractivity contribution < 1.29 is 0 Å². The highest BCUT2D eigenvalue weighted by Gasteiger charge is 2.26. The van der Waals surface area contributed by atoms with Gasteiger partial charge in [-0.3, -0.25) is 0 Å². The van der Waals surface area contributed by atoms with E-state index in [-0.39, 0.29) is 6.04 Å². The molecule has 2 aliphatic heterocycles. The molecule has 2 heterocycles. The third-order valence-electron chi connectivity index (χ3n) is 3.99. The van der Waals surface area contributed by atoms with Crippen LogP contribution in [0.5, 0.6) is 0 Å². The van der Waals surface area contributed by atoms with Gasteiger partial charge < -0.3 is 10.6 Å². The first-order valence-corrected chi connectivity index (χ1v) is 7.30. The molecule has 0 radical (unpaired) electrons. The van der Waals surface area contributed by atoms with E-state index >= 15 is 0 Å². The molecule has 1 unspecified atom stereocenters. The number of rotatable bonds is 1. The van der Waals surface area contributed by atoms with Crippen LogP contribution >= 0.6 is 11.6 Å². The van der Waals surface area contributed by atoms with E-state index in [1.165, 1.54) is 21.8 Å². The zero-order valence-electron chi connectivity index (χ0n) is 11.0. The topological polar surface area (TPSA) is 24.1 Å². The molecule has 0 fully saturated rings. The number of halogens is 1. The first-order valence-electron chi connectivity index (χ1n) is 6.93. The van der Waals surface area contributed by atoms with Gasteiger partial charge in [0.1, 0.15) is 0 Å². The van der Waals surface area contributed by atoms with Crippen molar-refractivity contribution >= 4 is 29.1 Å². The Kier molecular flexibility index (Phi) is 2.71. The van der Waals surface area contributed by atoms with E-state index in [1.54, 1.807) is 0 Å². The van der Waals surface area contributed by atoms with Crippen LogP contribution in [-0.4, -0.2) is 6.54 Å². The van der Waals surface area contributed by atoms with Crippen molar-refractivity contribution in [3.05, 3.63) is 63.5 Å². The van der Waals surface area contributed by atoms with E-state index in [1.807, 2.05) is 18.2 Å². The summed E-state index contributed by atoms with van der Waals surface area (Å²) in [5, 5.41) is 10.6. The van der Waals surface area contributed by atoms with Crippen LogP contribution in [0.4, 0.5) is 5.69 Å². The van der Waals surface area contributed by atoms with Gasteiger partial charge >= 0.3 is 0 Å². The molecule has 20 heavy (non-hydrogen) atoms. The summed E-state index contributed by atoms with van der Waals surface area (Å²) in [6, 6.07) is 14.6. The highest BCUT2D eigenvalue weighted by molar-refractivity contribution is 6.31. The summed E-state index contributed by atoms with van der Waals surface area (Å²) in [6.45, 7) is 0.964. The molecule has 0 saturated carbocycles. The van der Waals surface area contributed by atoms with Crippen LogP contribution in [0, 0.1) is 0 Å². The molecule has 1 atom stereocenters. The molecular formula is C17H15ClN2. The Morgan fingerprint density at radius 3 is 2.85 bits per heavy atom. The van der Waals surface area contributed by atoms with Gasteiger partial charge in [-0.25, -0.2) is 0 Å². The monoisotopic (exact) mass is 282 g/mol. The fraction of sp³-hybridized carbons (Fsp3) is 0.176. The second kappa shape index (κ2) is 4.57. The largest absolute Gasteiger partial charge is 0.385 e. The lowest BCUT2D eigenvalue weighted by Crippen LogP contribution is -2.28. The summed E-state index contributed by atoms with van der Waals surface area (Å²) in [5.41, 5.74) is 3.56. The second-order valence-electron chi connectivity index (χ2n) is 5.20. The molecule has 2 aromatic carbocycles. The van der Waals surface area contributed by atoms with Gasteiger partial charge in [0.25, 0.3) is 0 Å². The summed E-state index contributed by atoms with van der Waals surface area (Å²) in [7, 11) is 0. The van der Waals surface area contributed by atoms with Crippen LogP contribution in [0.2, 0.25) is 5.02 Å². The van der Waals surface area contributed by atoms with Crippen molar-refractivity contribution in [2.24, 2.45) is 0 Å². The predicted molar refractivity (Wildman–Crippen MR) is 84.0 cm³/mol. The van der Waals surface area contributed by atoms with Crippen molar-refractivity contribution in [2.75, 3.05) is 11.9 Å². The Morgan fingerprint density at radius 1 is 1.05 bits per heavy atom. The van der Waals surface area contributed by atoms with Gasteiger partial charge in [0.15, 0.2) is 0 Å². The van der Waals surface area contributed by atoms with Crippen LogP contribution in [0.1, 0.15) is 18.0 Å². The molecule has 0 amide bonds. The van der Waals surface area contributed by atoms with Crippen LogP contribution in [0.25, 0.3) is 11.8 Å². The van der Waals surface area contributed by atoms with Crippen molar-refractivity contribution in [3.63, 3.8) is 0 Å². The lowest BCUT2D eigenvalue weighted by Gasteiger charge is -2.19. The Bertz CT molecular complexity index is 795. The van der Waals surface area contributed by atoms with E-state index in [2.05, 4.69) is 41.0 Å². The molecular weight excluding hydrogens is 268 g/mol. The Hall–Kier alpha value is -1.93. The first-order chi connectivity index (χ1) is 9.84. The quantitative estimate of drug-likeness (QED) is 0.839. The molecule has 2 aliphatic rings.